The lowest BCUT2D eigenvalue weighted by atomic mass is 9.87. The van der Waals surface area contributed by atoms with E-state index in [0.29, 0.717) is 0 Å². The second kappa shape index (κ2) is 15.3. The van der Waals surface area contributed by atoms with Crippen molar-refractivity contribution < 1.29 is 4.42 Å². The molecule has 0 aliphatic heterocycles. The van der Waals surface area contributed by atoms with Gasteiger partial charge in [0.15, 0.2) is 0 Å². The summed E-state index contributed by atoms with van der Waals surface area (Å²) in [6.07, 6.45) is 0. The second-order valence-electron chi connectivity index (χ2n) is 16.1. The van der Waals surface area contributed by atoms with Gasteiger partial charge in [0, 0.05) is 44.2 Å². The second-order valence-corrected chi connectivity index (χ2v) is 16.1. The van der Waals surface area contributed by atoms with Crippen molar-refractivity contribution in [2.75, 3.05) is 4.90 Å². The Kier molecular flexibility index (Phi) is 8.83. The number of aromatic nitrogens is 1. The first-order valence-electron chi connectivity index (χ1n) is 21.5. The van der Waals surface area contributed by atoms with Gasteiger partial charge < -0.3 is 13.9 Å². The van der Waals surface area contributed by atoms with Gasteiger partial charge >= 0.3 is 0 Å². The van der Waals surface area contributed by atoms with E-state index < -0.39 is 0 Å². The maximum absolute atomic E-state index is 6.19. The first-order valence-corrected chi connectivity index (χ1v) is 21.5. The van der Waals surface area contributed by atoms with Gasteiger partial charge in [-0.2, -0.15) is 0 Å². The van der Waals surface area contributed by atoms with Crippen LogP contribution in [0, 0.1) is 0 Å². The zero-order valence-corrected chi connectivity index (χ0v) is 34.4. The van der Waals surface area contributed by atoms with E-state index in [1.165, 1.54) is 38.5 Å². The van der Waals surface area contributed by atoms with Crippen molar-refractivity contribution in [2.24, 2.45) is 0 Å². The van der Waals surface area contributed by atoms with Crippen LogP contribution in [-0.4, -0.2) is 4.57 Å². The minimum absolute atomic E-state index is 0.897. The third kappa shape index (κ3) is 6.29. The van der Waals surface area contributed by atoms with Crippen LogP contribution in [0.25, 0.3) is 93.9 Å². The van der Waals surface area contributed by atoms with Crippen LogP contribution in [0.2, 0.25) is 0 Å². The molecule has 2 heterocycles. The molecule has 0 fully saturated rings. The van der Waals surface area contributed by atoms with E-state index in [4.69, 9.17) is 4.42 Å². The van der Waals surface area contributed by atoms with Crippen LogP contribution in [0.15, 0.2) is 247 Å². The summed E-state index contributed by atoms with van der Waals surface area (Å²) in [6, 6.07) is 87.3. The van der Waals surface area contributed by atoms with Gasteiger partial charge in [-0.3, -0.25) is 0 Å². The molecule has 0 unspecified atom stereocenters. The molecule has 296 valence electrons. The molecule has 0 amide bonds. The number of anilines is 3. The molecule has 2 aromatic heterocycles. The minimum atomic E-state index is 0.897. The van der Waals surface area contributed by atoms with Gasteiger partial charge in [-0.15, -0.1) is 0 Å². The average molecular weight is 805 g/mol. The number of hydrogen-bond donors (Lipinski definition) is 0. The van der Waals surface area contributed by atoms with Gasteiger partial charge in [0.05, 0.1) is 16.7 Å². The standard InChI is InChI=1S/C60H40N2O/c1-4-17-42(18-5-1)48-23-10-11-26-52(48)60-49(43-19-6-2-7-20-43)27-16-29-57(60)61(46-34-31-41(32-35-46)44-33-38-59-54(39-44)51-25-13-15-30-58(51)63-59)47-36-37-56-53(40-47)50-24-12-14-28-55(50)62(56)45-21-8-3-9-22-45/h1-40H. The van der Waals surface area contributed by atoms with Crippen molar-refractivity contribution in [2.45, 2.75) is 0 Å². The van der Waals surface area contributed by atoms with Gasteiger partial charge in [0.1, 0.15) is 11.2 Å². The SMILES string of the molecule is c1ccc(-c2ccccc2-c2c(-c3ccccc3)cccc2N(c2ccc(-c3ccc4oc5ccccc5c4c3)cc2)c2ccc3c(c2)c2ccccc2n3-c2ccccc2)cc1. The highest BCUT2D eigenvalue weighted by molar-refractivity contribution is 6.11. The van der Waals surface area contributed by atoms with E-state index in [1.54, 1.807) is 0 Å². The Labute approximate surface area is 366 Å². The van der Waals surface area contributed by atoms with Gasteiger partial charge in [0.2, 0.25) is 0 Å². The predicted octanol–water partition coefficient (Wildman–Crippen LogP) is 16.8. The van der Waals surface area contributed by atoms with Gasteiger partial charge in [-0.25, -0.2) is 0 Å². The third-order valence-corrected chi connectivity index (χ3v) is 12.4. The van der Waals surface area contributed by atoms with Crippen molar-refractivity contribution in [3.05, 3.63) is 243 Å². The molecular weight excluding hydrogens is 765 g/mol. The van der Waals surface area contributed by atoms with Crippen LogP contribution in [0.3, 0.4) is 0 Å². The topological polar surface area (TPSA) is 21.3 Å². The summed E-state index contributed by atoms with van der Waals surface area (Å²) < 4.78 is 8.57. The lowest BCUT2D eigenvalue weighted by molar-refractivity contribution is 0.669. The van der Waals surface area contributed by atoms with Crippen molar-refractivity contribution >= 4 is 60.8 Å². The molecule has 0 atom stereocenters. The number of hydrogen-bond acceptors (Lipinski definition) is 2. The summed E-state index contributed by atoms with van der Waals surface area (Å²) in [4.78, 5) is 2.45. The predicted molar refractivity (Wildman–Crippen MR) is 264 cm³/mol. The molecule has 10 aromatic carbocycles. The monoisotopic (exact) mass is 804 g/mol. The van der Waals surface area contributed by atoms with E-state index in [0.717, 1.165) is 72.5 Å². The number of para-hydroxylation sites is 3. The van der Waals surface area contributed by atoms with Crippen molar-refractivity contribution in [1.82, 2.24) is 4.57 Å². The Bertz CT molecular complexity index is 3600. The van der Waals surface area contributed by atoms with Gasteiger partial charge in [-0.05, 0) is 112 Å². The third-order valence-electron chi connectivity index (χ3n) is 12.4. The number of benzene rings is 10. The number of fused-ring (bicyclic) bond motifs is 6. The summed E-state index contributed by atoms with van der Waals surface area (Å²) in [5, 5.41) is 4.65. The molecule has 3 heteroatoms. The van der Waals surface area contributed by atoms with E-state index in [-0.39, 0.29) is 0 Å². The van der Waals surface area contributed by atoms with Crippen LogP contribution in [0.1, 0.15) is 0 Å². The number of furan rings is 1. The van der Waals surface area contributed by atoms with Crippen LogP contribution < -0.4 is 4.90 Å². The van der Waals surface area contributed by atoms with Crippen LogP contribution in [0.4, 0.5) is 17.1 Å². The Morgan fingerprint density at radius 2 is 0.889 bits per heavy atom. The first-order chi connectivity index (χ1) is 31.3. The first kappa shape index (κ1) is 36.5. The van der Waals surface area contributed by atoms with Gasteiger partial charge in [-0.1, -0.05) is 170 Å². The summed E-state index contributed by atoms with van der Waals surface area (Å²) >= 11 is 0. The molecule has 0 radical (unpaired) electrons. The summed E-state index contributed by atoms with van der Waals surface area (Å²) in [7, 11) is 0. The fourth-order valence-corrected chi connectivity index (χ4v) is 9.53. The normalized spacial score (nSPS) is 11.5. The lowest BCUT2D eigenvalue weighted by Crippen LogP contribution is -2.12. The molecule has 0 aliphatic rings. The summed E-state index contributed by atoms with van der Waals surface area (Å²) in [6.45, 7) is 0. The Morgan fingerprint density at radius 1 is 0.317 bits per heavy atom. The van der Waals surface area contributed by atoms with E-state index in [1.807, 2.05) is 12.1 Å². The van der Waals surface area contributed by atoms with Crippen LogP contribution in [-0.2, 0) is 0 Å². The van der Waals surface area contributed by atoms with E-state index >= 15 is 0 Å². The molecule has 0 saturated heterocycles. The summed E-state index contributed by atoms with van der Waals surface area (Å²) in [5.41, 5.74) is 17.8. The average Bonchev–Trinajstić information content (AvgIpc) is 3.90. The molecule has 3 nitrogen and oxygen atoms in total. The van der Waals surface area contributed by atoms with Crippen LogP contribution >= 0.6 is 0 Å². The molecule has 12 rings (SSSR count). The molecule has 63 heavy (non-hydrogen) atoms. The van der Waals surface area contributed by atoms with Gasteiger partial charge in [0.25, 0.3) is 0 Å². The molecule has 0 bridgehead atoms. The van der Waals surface area contributed by atoms with E-state index in [9.17, 15) is 0 Å². The summed E-state index contributed by atoms with van der Waals surface area (Å²) in [5.74, 6) is 0. The highest BCUT2D eigenvalue weighted by Crippen LogP contribution is 2.49. The highest BCUT2D eigenvalue weighted by atomic mass is 16.3. The lowest BCUT2D eigenvalue weighted by Gasteiger charge is -2.30. The molecule has 0 saturated carbocycles. The molecular formula is C60H40N2O. The Balaban J connectivity index is 1.10. The maximum atomic E-state index is 6.19. The molecule has 0 spiro atoms. The maximum Gasteiger partial charge on any atom is 0.135 e. The van der Waals surface area contributed by atoms with Crippen molar-refractivity contribution in [1.29, 1.82) is 0 Å². The quantitative estimate of drug-likeness (QED) is 0.153. The zero-order valence-electron chi connectivity index (χ0n) is 34.4. The molecule has 12 aromatic rings. The van der Waals surface area contributed by atoms with E-state index in [2.05, 4.69) is 240 Å². The molecule has 0 N–H and O–H groups in total. The Morgan fingerprint density at radius 3 is 1.67 bits per heavy atom. The van der Waals surface area contributed by atoms with Crippen LogP contribution in [0.5, 0.6) is 0 Å². The number of rotatable bonds is 8. The number of nitrogens with zero attached hydrogens (tertiary/aromatic N) is 2. The van der Waals surface area contributed by atoms with Crippen molar-refractivity contribution in [3.63, 3.8) is 0 Å². The fourth-order valence-electron chi connectivity index (χ4n) is 9.53. The van der Waals surface area contributed by atoms with Crippen molar-refractivity contribution in [3.8, 4) is 50.2 Å². The minimum Gasteiger partial charge on any atom is -0.456 e. The fraction of sp³-hybridized carbons (Fsp3) is 0. The Hall–Kier alpha value is -8.40. The largest absolute Gasteiger partial charge is 0.456 e. The highest BCUT2D eigenvalue weighted by Gasteiger charge is 2.24. The smallest absolute Gasteiger partial charge is 0.135 e. The molecule has 0 aliphatic carbocycles. The zero-order chi connectivity index (χ0) is 41.7.